The number of ether oxygens (including phenoxy) is 1. The van der Waals surface area contributed by atoms with Gasteiger partial charge in [-0.05, 0) is 18.6 Å². The molecule has 5 aromatic rings. The van der Waals surface area contributed by atoms with Crippen LogP contribution in [0.1, 0.15) is 11.1 Å². The normalized spacial score (nSPS) is 12.8. The third kappa shape index (κ3) is 2.91. The molecule has 1 aliphatic rings. The maximum Gasteiger partial charge on any atom is 0.218 e. The predicted octanol–water partition coefficient (Wildman–Crippen LogP) is 2.91. The first-order valence-electron chi connectivity index (χ1n) is 10.3. The van der Waals surface area contributed by atoms with Gasteiger partial charge in [-0.3, -0.25) is 4.68 Å². The van der Waals surface area contributed by atoms with Gasteiger partial charge in [0.25, 0.3) is 0 Å². The minimum absolute atomic E-state index is 0.507. The first kappa shape index (κ1) is 18.6. The van der Waals surface area contributed by atoms with E-state index < -0.39 is 0 Å². The van der Waals surface area contributed by atoms with Gasteiger partial charge in [-0.25, -0.2) is 19.5 Å². The predicted molar refractivity (Wildman–Crippen MR) is 119 cm³/mol. The smallest absolute Gasteiger partial charge is 0.218 e. The maximum atomic E-state index is 5.71. The van der Waals surface area contributed by atoms with Crippen LogP contribution in [0.3, 0.4) is 0 Å². The molecule has 32 heavy (non-hydrogen) atoms. The molecular formula is C22H21N9O. The summed E-state index contributed by atoms with van der Waals surface area (Å²) in [6, 6.07) is 3.90. The quantitative estimate of drug-likeness (QED) is 0.471. The molecule has 0 saturated carbocycles. The first-order valence-corrected chi connectivity index (χ1v) is 10.3. The summed E-state index contributed by atoms with van der Waals surface area (Å²) in [4.78, 5) is 13.8. The minimum Gasteiger partial charge on any atom is -0.493 e. The van der Waals surface area contributed by atoms with Crippen LogP contribution >= 0.6 is 0 Å². The van der Waals surface area contributed by atoms with Crippen molar-refractivity contribution in [2.24, 2.45) is 14.1 Å². The Hall–Kier alpha value is -4.21. The van der Waals surface area contributed by atoms with Crippen LogP contribution in [0.2, 0.25) is 0 Å². The standard InChI is InChI=1S/C22H21N9O/c1-13-15(16-4-7-30(3)27-16)12-31-19(13)20(26-21(28-31)22-23-6-8-29(22)2)25-18-10-17-14(11-24-18)5-9-32-17/h4,6-8,10-12H,5,9H2,1-3H3,(H,24,25,26,28). The molecule has 1 N–H and O–H groups in total. The van der Waals surface area contributed by atoms with Crippen molar-refractivity contribution >= 4 is 17.2 Å². The number of pyridine rings is 1. The van der Waals surface area contributed by atoms with Crippen molar-refractivity contribution < 1.29 is 4.74 Å². The van der Waals surface area contributed by atoms with Gasteiger partial charge in [-0.2, -0.15) is 5.10 Å². The van der Waals surface area contributed by atoms with Crippen LogP contribution in [-0.4, -0.2) is 45.5 Å². The zero-order chi connectivity index (χ0) is 21.8. The SMILES string of the molecule is Cc1c(-c2ccn(C)n2)cn2nc(-c3nccn3C)nc(Nc3cc4c(cn3)CCO4)c12. The highest BCUT2D eigenvalue weighted by Crippen LogP contribution is 2.33. The molecule has 0 aromatic carbocycles. The summed E-state index contributed by atoms with van der Waals surface area (Å²) in [7, 11) is 3.82. The molecule has 1 aliphatic heterocycles. The van der Waals surface area contributed by atoms with E-state index in [1.165, 1.54) is 0 Å². The van der Waals surface area contributed by atoms with E-state index in [1.54, 1.807) is 10.9 Å². The number of aryl methyl sites for hydroxylation is 3. The average Bonchev–Trinajstić information content (AvgIpc) is 3.55. The summed E-state index contributed by atoms with van der Waals surface area (Å²) in [5, 5.41) is 12.7. The van der Waals surface area contributed by atoms with Crippen LogP contribution in [0, 0.1) is 6.92 Å². The molecular weight excluding hydrogens is 406 g/mol. The van der Waals surface area contributed by atoms with E-state index in [1.807, 2.05) is 67.0 Å². The van der Waals surface area contributed by atoms with Crippen LogP contribution in [0.25, 0.3) is 28.4 Å². The van der Waals surface area contributed by atoms with E-state index in [0.29, 0.717) is 29.9 Å². The van der Waals surface area contributed by atoms with E-state index in [0.717, 1.165) is 40.1 Å². The first-order chi connectivity index (χ1) is 15.6. The summed E-state index contributed by atoms with van der Waals surface area (Å²) in [5.41, 5.74) is 4.87. The molecule has 6 heterocycles. The summed E-state index contributed by atoms with van der Waals surface area (Å²) < 4.78 is 11.2. The van der Waals surface area contributed by atoms with E-state index in [-0.39, 0.29) is 0 Å². The fourth-order valence-electron chi connectivity index (χ4n) is 4.06. The Labute approximate surface area is 183 Å². The number of nitrogens with one attached hydrogen (secondary N) is 1. The van der Waals surface area contributed by atoms with Crippen molar-refractivity contribution in [1.29, 1.82) is 0 Å². The Morgan fingerprint density at radius 2 is 2.03 bits per heavy atom. The topological polar surface area (TPSA) is 100.0 Å². The zero-order valence-electron chi connectivity index (χ0n) is 17.9. The lowest BCUT2D eigenvalue weighted by Gasteiger charge is -2.11. The fourth-order valence-corrected chi connectivity index (χ4v) is 4.06. The molecule has 160 valence electrons. The fraction of sp³-hybridized carbons (Fsp3) is 0.227. The van der Waals surface area contributed by atoms with E-state index in [2.05, 4.69) is 20.4 Å². The van der Waals surface area contributed by atoms with Gasteiger partial charge in [0.2, 0.25) is 5.82 Å². The van der Waals surface area contributed by atoms with Gasteiger partial charge in [-0.1, -0.05) is 0 Å². The second kappa shape index (κ2) is 6.91. The van der Waals surface area contributed by atoms with Crippen molar-refractivity contribution in [3.63, 3.8) is 0 Å². The largest absolute Gasteiger partial charge is 0.493 e. The van der Waals surface area contributed by atoms with Crippen LogP contribution < -0.4 is 10.1 Å². The number of imidazole rings is 1. The molecule has 0 radical (unpaired) electrons. The molecule has 0 saturated heterocycles. The average molecular weight is 427 g/mol. The third-order valence-corrected chi connectivity index (χ3v) is 5.71. The number of nitrogens with zero attached hydrogens (tertiary/aromatic N) is 8. The van der Waals surface area contributed by atoms with Crippen molar-refractivity contribution in [3.8, 4) is 28.7 Å². The second-order valence-electron chi connectivity index (χ2n) is 7.88. The highest BCUT2D eigenvalue weighted by atomic mass is 16.5. The minimum atomic E-state index is 0.507. The van der Waals surface area contributed by atoms with Gasteiger partial charge in [0.05, 0.1) is 12.3 Å². The summed E-state index contributed by atoms with van der Waals surface area (Å²) >= 11 is 0. The molecule has 0 spiro atoms. The van der Waals surface area contributed by atoms with E-state index in [4.69, 9.17) is 14.8 Å². The van der Waals surface area contributed by atoms with Crippen LogP contribution in [0.5, 0.6) is 5.75 Å². The Morgan fingerprint density at radius 1 is 1.12 bits per heavy atom. The van der Waals surface area contributed by atoms with Crippen molar-refractivity contribution in [3.05, 3.63) is 54.2 Å². The van der Waals surface area contributed by atoms with Crippen molar-refractivity contribution in [1.82, 2.24) is 38.9 Å². The molecule has 0 amide bonds. The highest BCUT2D eigenvalue weighted by molar-refractivity contribution is 5.84. The lowest BCUT2D eigenvalue weighted by molar-refractivity contribution is 0.357. The molecule has 10 heteroatoms. The maximum absolute atomic E-state index is 5.71. The summed E-state index contributed by atoms with van der Waals surface area (Å²) in [5.74, 6) is 3.34. The Kier molecular flexibility index (Phi) is 4.00. The Balaban J connectivity index is 1.54. The van der Waals surface area contributed by atoms with Gasteiger partial charge in [0.15, 0.2) is 11.6 Å². The molecule has 10 nitrogen and oxygen atoms in total. The van der Waals surface area contributed by atoms with Crippen molar-refractivity contribution in [2.75, 3.05) is 11.9 Å². The van der Waals surface area contributed by atoms with Crippen LogP contribution in [0.4, 0.5) is 11.6 Å². The van der Waals surface area contributed by atoms with Gasteiger partial charge in [-0.15, -0.1) is 5.10 Å². The molecule has 0 bridgehead atoms. The molecule has 0 atom stereocenters. The highest BCUT2D eigenvalue weighted by Gasteiger charge is 2.20. The van der Waals surface area contributed by atoms with Crippen LogP contribution in [-0.2, 0) is 20.5 Å². The van der Waals surface area contributed by atoms with Gasteiger partial charge >= 0.3 is 0 Å². The lowest BCUT2D eigenvalue weighted by atomic mass is 10.1. The number of hydrogen-bond donors (Lipinski definition) is 1. The lowest BCUT2D eigenvalue weighted by Crippen LogP contribution is -2.06. The third-order valence-electron chi connectivity index (χ3n) is 5.71. The van der Waals surface area contributed by atoms with Gasteiger partial charge in [0, 0.05) is 68.7 Å². The number of fused-ring (bicyclic) bond motifs is 2. The van der Waals surface area contributed by atoms with Crippen molar-refractivity contribution in [2.45, 2.75) is 13.3 Å². The molecule has 6 rings (SSSR count). The Morgan fingerprint density at radius 3 is 2.81 bits per heavy atom. The number of hydrogen-bond acceptors (Lipinski definition) is 7. The van der Waals surface area contributed by atoms with E-state index >= 15 is 0 Å². The molecule has 5 aromatic heterocycles. The number of rotatable bonds is 4. The number of anilines is 2. The van der Waals surface area contributed by atoms with Gasteiger partial charge in [0.1, 0.15) is 17.1 Å². The number of aromatic nitrogens is 8. The zero-order valence-corrected chi connectivity index (χ0v) is 17.9. The summed E-state index contributed by atoms with van der Waals surface area (Å²) in [6.07, 6.45) is 10.2. The van der Waals surface area contributed by atoms with E-state index in [9.17, 15) is 0 Å². The Bertz CT molecular complexity index is 1480. The second-order valence-corrected chi connectivity index (χ2v) is 7.88. The monoisotopic (exact) mass is 427 g/mol. The molecule has 0 unspecified atom stereocenters. The summed E-state index contributed by atoms with van der Waals surface area (Å²) in [6.45, 7) is 2.74. The van der Waals surface area contributed by atoms with Gasteiger partial charge < -0.3 is 14.6 Å². The molecule has 0 fully saturated rings. The molecule has 0 aliphatic carbocycles. The van der Waals surface area contributed by atoms with Crippen LogP contribution in [0.15, 0.2) is 43.1 Å².